The molecule has 4 aromatic rings. The molecule has 0 saturated carbocycles. The fourth-order valence-electron chi connectivity index (χ4n) is 3.95. The molecule has 34 heavy (non-hydrogen) atoms. The summed E-state index contributed by atoms with van der Waals surface area (Å²) in [6.45, 7) is 3.28. The summed E-state index contributed by atoms with van der Waals surface area (Å²) in [5.41, 5.74) is 1.55. The molecule has 0 fully saturated rings. The van der Waals surface area contributed by atoms with Crippen LogP contribution in [0.4, 0.5) is 4.39 Å². The minimum absolute atomic E-state index is 0.0752. The summed E-state index contributed by atoms with van der Waals surface area (Å²) >= 11 is 11.8. The van der Waals surface area contributed by atoms with Crippen molar-refractivity contribution in [2.24, 2.45) is 0 Å². The van der Waals surface area contributed by atoms with E-state index < -0.39 is 11.4 Å². The van der Waals surface area contributed by atoms with Crippen LogP contribution in [0.5, 0.6) is 0 Å². The Morgan fingerprint density at radius 3 is 2.62 bits per heavy atom. The molecule has 0 aliphatic carbocycles. The Labute approximate surface area is 205 Å². The molecule has 8 nitrogen and oxygen atoms in total. The Bertz CT molecular complexity index is 1420. The third-order valence-electron chi connectivity index (χ3n) is 5.68. The monoisotopic (exact) mass is 506 g/mol. The molecule has 0 unspecified atom stereocenters. The lowest BCUT2D eigenvalue weighted by atomic mass is 10.2. The first kappa shape index (κ1) is 24.2. The molecule has 3 aromatic heterocycles. The van der Waals surface area contributed by atoms with Crippen LogP contribution in [0, 0.1) is 5.82 Å². The minimum Gasteiger partial charge on any atom is -0.323 e. The number of aromatic nitrogens is 6. The zero-order chi connectivity index (χ0) is 24.2. The number of hydrogen-bond donors (Lipinski definition) is 1. The molecule has 180 valence electrons. The van der Waals surface area contributed by atoms with Gasteiger partial charge >= 0.3 is 5.69 Å². The summed E-state index contributed by atoms with van der Waals surface area (Å²) in [6, 6.07) is 4.57. The van der Waals surface area contributed by atoms with Gasteiger partial charge in [0.2, 0.25) is 5.28 Å². The van der Waals surface area contributed by atoms with Gasteiger partial charge < -0.3 is 4.98 Å². The quantitative estimate of drug-likeness (QED) is 0.255. The normalized spacial score (nSPS) is 11.5. The van der Waals surface area contributed by atoms with Crippen LogP contribution in [0.25, 0.3) is 11.2 Å². The molecule has 0 amide bonds. The SMILES string of the molecule is CCCCCn1c(=O)n(CCCc2cnn(Cc3ccc(F)c(Cl)c3)c2)c(=O)c2[nH]c(Cl)nc21. The number of H-pyrrole nitrogens is 1. The van der Waals surface area contributed by atoms with E-state index in [9.17, 15) is 14.0 Å². The number of unbranched alkanes of at least 4 members (excludes halogenated alkanes) is 2. The standard InChI is InChI=1S/C23H25Cl2FN6O2/c1-2-3-4-9-31-20-19(28-22(25)29-20)21(33)32(23(31)34)10-5-6-16-12-27-30(14-16)13-15-7-8-18(26)17(24)11-15/h7-8,11-12,14H,2-6,9-10,13H2,1H3,(H,28,29). The number of aromatic amines is 1. The molecule has 0 aliphatic heterocycles. The Balaban J connectivity index is 1.47. The molecule has 4 rings (SSSR count). The number of rotatable bonds is 10. The highest BCUT2D eigenvalue weighted by molar-refractivity contribution is 6.30. The second kappa shape index (κ2) is 10.6. The van der Waals surface area contributed by atoms with Gasteiger partial charge in [-0.05, 0) is 54.1 Å². The number of nitrogens with one attached hydrogen (secondary N) is 1. The number of nitrogens with zero attached hydrogens (tertiary/aromatic N) is 5. The predicted molar refractivity (Wildman–Crippen MR) is 130 cm³/mol. The van der Waals surface area contributed by atoms with Crippen LogP contribution in [0.2, 0.25) is 10.3 Å². The molecular weight excluding hydrogens is 482 g/mol. The maximum absolute atomic E-state index is 13.4. The average molecular weight is 507 g/mol. The Hall–Kier alpha value is -2.91. The molecule has 11 heteroatoms. The van der Waals surface area contributed by atoms with Crippen molar-refractivity contribution in [2.45, 2.75) is 58.7 Å². The minimum atomic E-state index is -0.457. The Kier molecular flexibility index (Phi) is 7.53. The topological polar surface area (TPSA) is 90.5 Å². The van der Waals surface area contributed by atoms with E-state index in [0.717, 1.165) is 30.4 Å². The van der Waals surface area contributed by atoms with E-state index in [4.69, 9.17) is 23.2 Å². The Morgan fingerprint density at radius 2 is 1.85 bits per heavy atom. The second-order valence-corrected chi connectivity index (χ2v) is 8.99. The number of hydrogen-bond acceptors (Lipinski definition) is 4. The zero-order valence-electron chi connectivity index (χ0n) is 18.7. The number of aryl methyl sites for hydroxylation is 2. The van der Waals surface area contributed by atoms with E-state index in [1.54, 1.807) is 23.0 Å². The maximum Gasteiger partial charge on any atom is 0.332 e. The average Bonchev–Trinajstić information content (AvgIpc) is 3.42. The zero-order valence-corrected chi connectivity index (χ0v) is 20.2. The molecule has 0 bridgehead atoms. The van der Waals surface area contributed by atoms with E-state index in [0.29, 0.717) is 31.6 Å². The summed E-state index contributed by atoms with van der Waals surface area (Å²) < 4.78 is 17.9. The summed E-state index contributed by atoms with van der Waals surface area (Å²) in [6.07, 6.45) is 7.64. The lowest BCUT2D eigenvalue weighted by Crippen LogP contribution is -2.40. The summed E-state index contributed by atoms with van der Waals surface area (Å²) in [5.74, 6) is -0.457. The van der Waals surface area contributed by atoms with E-state index in [1.165, 1.54) is 15.2 Å². The van der Waals surface area contributed by atoms with Crippen molar-refractivity contribution in [1.82, 2.24) is 28.9 Å². The van der Waals surface area contributed by atoms with E-state index >= 15 is 0 Å². The van der Waals surface area contributed by atoms with Gasteiger partial charge in [-0.3, -0.25) is 18.6 Å². The van der Waals surface area contributed by atoms with Gasteiger partial charge in [-0.25, -0.2) is 9.18 Å². The van der Waals surface area contributed by atoms with Crippen LogP contribution in [0.15, 0.2) is 40.2 Å². The van der Waals surface area contributed by atoms with Gasteiger partial charge in [0.25, 0.3) is 5.56 Å². The molecule has 0 atom stereocenters. The van der Waals surface area contributed by atoms with Crippen molar-refractivity contribution in [1.29, 1.82) is 0 Å². The number of halogens is 3. The lowest BCUT2D eigenvalue weighted by molar-refractivity contribution is 0.526. The fourth-order valence-corrected chi connectivity index (χ4v) is 4.32. The molecule has 0 aliphatic rings. The fraction of sp³-hybridized carbons (Fsp3) is 0.391. The van der Waals surface area contributed by atoms with Crippen LogP contribution >= 0.6 is 23.2 Å². The lowest BCUT2D eigenvalue weighted by Gasteiger charge is -2.11. The van der Waals surface area contributed by atoms with Crippen molar-refractivity contribution in [3.05, 3.63) is 78.7 Å². The molecule has 0 spiro atoms. The van der Waals surface area contributed by atoms with E-state index in [-0.39, 0.29) is 28.1 Å². The van der Waals surface area contributed by atoms with Crippen molar-refractivity contribution in [3.8, 4) is 0 Å². The molecule has 0 saturated heterocycles. The number of fused-ring (bicyclic) bond motifs is 1. The summed E-state index contributed by atoms with van der Waals surface area (Å²) in [5, 5.41) is 4.50. The first-order chi connectivity index (χ1) is 16.4. The van der Waals surface area contributed by atoms with Gasteiger partial charge in [-0.1, -0.05) is 37.4 Å². The third kappa shape index (κ3) is 5.26. The van der Waals surface area contributed by atoms with Crippen LogP contribution in [0.1, 0.15) is 43.7 Å². The first-order valence-corrected chi connectivity index (χ1v) is 12.0. The van der Waals surface area contributed by atoms with Crippen LogP contribution < -0.4 is 11.2 Å². The van der Waals surface area contributed by atoms with Crippen molar-refractivity contribution >= 4 is 34.4 Å². The predicted octanol–water partition coefficient (Wildman–Crippen LogP) is 4.40. The Morgan fingerprint density at radius 1 is 1.06 bits per heavy atom. The molecule has 0 radical (unpaired) electrons. The van der Waals surface area contributed by atoms with E-state index in [1.807, 2.05) is 6.20 Å². The van der Waals surface area contributed by atoms with Gasteiger partial charge in [0, 0.05) is 19.3 Å². The third-order valence-corrected chi connectivity index (χ3v) is 6.15. The van der Waals surface area contributed by atoms with Gasteiger partial charge in [0.15, 0.2) is 11.2 Å². The largest absolute Gasteiger partial charge is 0.332 e. The highest BCUT2D eigenvalue weighted by Gasteiger charge is 2.16. The second-order valence-electron chi connectivity index (χ2n) is 8.22. The van der Waals surface area contributed by atoms with Crippen LogP contribution in [-0.2, 0) is 26.1 Å². The molecule has 1 N–H and O–H groups in total. The summed E-state index contributed by atoms with van der Waals surface area (Å²) in [4.78, 5) is 32.9. The van der Waals surface area contributed by atoms with Crippen molar-refractivity contribution in [3.63, 3.8) is 0 Å². The number of imidazole rings is 1. The van der Waals surface area contributed by atoms with Crippen molar-refractivity contribution in [2.75, 3.05) is 0 Å². The van der Waals surface area contributed by atoms with Gasteiger partial charge in [-0.2, -0.15) is 10.1 Å². The van der Waals surface area contributed by atoms with Crippen LogP contribution in [-0.4, -0.2) is 28.9 Å². The molecule has 3 heterocycles. The smallest absolute Gasteiger partial charge is 0.323 e. The highest BCUT2D eigenvalue weighted by atomic mass is 35.5. The van der Waals surface area contributed by atoms with Crippen molar-refractivity contribution < 1.29 is 4.39 Å². The van der Waals surface area contributed by atoms with Crippen LogP contribution in [0.3, 0.4) is 0 Å². The van der Waals surface area contributed by atoms with Gasteiger partial charge in [0.1, 0.15) is 5.82 Å². The van der Waals surface area contributed by atoms with Gasteiger partial charge in [-0.15, -0.1) is 0 Å². The number of benzene rings is 1. The maximum atomic E-state index is 13.4. The highest BCUT2D eigenvalue weighted by Crippen LogP contribution is 2.17. The summed E-state index contributed by atoms with van der Waals surface area (Å²) in [7, 11) is 0. The van der Waals surface area contributed by atoms with Gasteiger partial charge in [0.05, 0.1) is 17.8 Å². The molecule has 1 aromatic carbocycles. The van der Waals surface area contributed by atoms with E-state index in [2.05, 4.69) is 22.0 Å². The first-order valence-electron chi connectivity index (χ1n) is 11.2. The molecular formula is C23H25Cl2FN6O2.